The molecule has 0 unspecified atom stereocenters. The van der Waals surface area contributed by atoms with Gasteiger partial charge < -0.3 is 10.1 Å². The molecule has 0 bridgehead atoms. The number of nitrogens with one attached hydrogen (secondary N) is 2. The Balaban J connectivity index is 1.53. The van der Waals surface area contributed by atoms with Crippen molar-refractivity contribution < 1.29 is 14.3 Å². The monoisotopic (exact) mass is 443 g/mol. The number of fused-ring (bicyclic) bond motifs is 2. The van der Waals surface area contributed by atoms with Crippen molar-refractivity contribution in [3.05, 3.63) is 88.1 Å². The van der Waals surface area contributed by atoms with Gasteiger partial charge in [0.2, 0.25) is 5.95 Å². The molecule has 0 spiro atoms. The number of hydrogen-bond acceptors (Lipinski definition) is 4. The summed E-state index contributed by atoms with van der Waals surface area (Å²) in [6.45, 7) is 0. The fourth-order valence-corrected chi connectivity index (χ4v) is 3.84. The molecule has 0 saturated carbocycles. The van der Waals surface area contributed by atoms with Crippen LogP contribution in [-0.4, -0.2) is 38.4 Å². The molecule has 33 heavy (non-hydrogen) atoms. The van der Waals surface area contributed by atoms with Gasteiger partial charge in [0.05, 0.1) is 22.1 Å². The molecule has 5 rings (SSSR count). The fourth-order valence-electron chi connectivity index (χ4n) is 3.84. The van der Waals surface area contributed by atoms with Crippen LogP contribution in [0.3, 0.4) is 0 Å². The number of rotatable bonds is 4. The summed E-state index contributed by atoms with van der Waals surface area (Å²) < 4.78 is 14.5. The molecule has 0 atom stereocenters. The summed E-state index contributed by atoms with van der Waals surface area (Å²) in [5, 5.41) is 17.1. The van der Waals surface area contributed by atoms with Crippen LogP contribution in [0.1, 0.15) is 11.3 Å². The minimum absolute atomic E-state index is 0.200. The summed E-state index contributed by atoms with van der Waals surface area (Å²) in [6, 6.07) is 17.3. The van der Waals surface area contributed by atoms with Crippen LogP contribution in [0.15, 0.2) is 65.5 Å². The number of carboxylic acid groups (broad SMARTS) is 1. The van der Waals surface area contributed by atoms with E-state index in [-0.39, 0.29) is 11.5 Å². The predicted octanol–water partition coefficient (Wildman–Crippen LogP) is 4.31. The van der Waals surface area contributed by atoms with E-state index in [0.717, 1.165) is 15.8 Å². The average Bonchev–Trinajstić information content (AvgIpc) is 3.23. The number of nitrogens with zero attached hydrogens (tertiary/aromatic N) is 3. The minimum Gasteiger partial charge on any atom is -0.465 e. The number of H-pyrrole nitrogens is 2. The molecular formula is C24H18FN5O3. The number of carbonyl (C=O) groups is 1. The van der Waals surface area contributed by atoms with Crippen LogP contribution in [0.25, 0.3) is 32.9 Å². The van der Waals surface area contributed by atoms with Gasteiger partial charge in [-0.3, -0.25) is 9.69 Å². The van der Waals surface area contributed by atoms with E-state index in [1.807, 2.05) is 18.2 Å². The molecule has 0 aliphatic rings. The molecule has 0 aliphatic carbocycles. The zero-order valence-corrected chi connectivity index (χ0v) is 17.5. The van der Waals surface area contributed by atoms with E-state index in [0.29, 0.717) is 39.7 Å². The van der Waals surface area contributed by atoms with Crippen molar-refractivity contribution in [1.82, 2.24) is 20.2 Å². The highest BCUT2D eigenvalue weighted by atomic mass is 19.1. The van der Waals surface area contributed by atoms with E-state index in [1.54, 1.807) is 30.3 Å². The number of aromatic nitrogens is 4. The highest BCUT2D eigenvalue weighted by Gasteiger charge is 2.14. The first-order valence-corrected chi connectivity index (χ1v) is 10.1. The number of benzene rings is 3. The van der Waals surface area contributed by atoms with E-state index in [9.17, 15) is 14.0 Å². The number of amides is 1. The van der Waals surface area contributed by atoms with E-state index in [1.165, 1.54) is 19.2 Å². The second kappa shape index (κ2) is 7.86. The first-order valence-electron chi connectivity index (χ1n) is 10.1. The third-order valence-corrected chi connectivity index (χ3v) is 5.51. The largest absolute Gasteiger partial charge is 0.465 e. The molecule has 0 saturated heterocycles. The second-order valence-corrected chi connectivity index (χ2v) is 7.70. The number of hydrogen-bond donors (Lipinski definition) is 3. The Morgan fingerprint density at radius 2 is 1.85 bits per heavy atom. The zero-order chi connectivity index (χ0) is 23.1. The lowest BCUT2D eigenvalue weighted by Crippen LogP contribution is -2.24. The standard InChI is InChI=1S/C24H18FN5O3/c1-30(24(32)33)23-26-19-7-6-14(12-21(19)27-23)15-8-13(9-16(25)11-15)10-20-17-4-2-3-5-18(17)22(31)29-28-20/h2-9,11-12H,10H2,1H3,(H,26,27)(H,29,31)(H,32,33). The summed E-state index contributed by atoms with van der Waals surface area (Å²) in [5.74, 6) is -0.196. The van der Waals surface area contributed by atoms with Gasteiger partial charge >= 0.3 is 6.09 Å². The van der Waals surface area contributed by atoms with E-state index in [4.69, 9.17) is 5.11 Å². The molecule has 164 valence electrons. The Bertz CT molecular complexity index is 1590. The third kappa shape index (κ3) is 3.80. The number of halogens is 1. The first-order chi connectivity index (χ1) is 15.9. The van der Waals surface area contributed by atoms with Gasteiger partial charge in [0.1, 0.15) is 5.82 Å². The Hall–Kier alpha value is -4.53. The highest BCUT2D eigenvalue weighted by Crippen LogP contribution is 2.28. The highest BCUT2D eigenvalue weighted by molar-refractivity contribution is 5.89. The lowest BCUT2D eigenvalue weighted by molar-refractivity contribution is 0.203. The van der Waals surface area contributed by atoms with E-state index >= 15 is 0 Å². The molecule has 9 heteroatoms. The molecular weight excluding hydrogens is 425 g/mol. The molecule has 3 N–H and O–H groups in total. The van der Waals surface area contributed by atoms with Gasteiger partial charge in [-0.05, 0) is 47.0 Å². The van der Waals surface area contributed by atoms with Crippen molar-refractivity contribution in [2.75, 3.05) is 11.9 Å². The Labute approximate surface area is 186 Å². The summed E-state index contributed by atoms with van der Waals surface area (Å²) in [5.41, 5.74) is 3.71. The predicted molar refractivity (Wildman–Crippen MR) is 123 cm³/mol. The molecule has 0 fully saturated rings. The van der Waals surface area contributed by atoms with Crippen LogP contribution >= 0.6 is 0 Å². The van der Waals surface area contributed by atoms with Gasteiger partial charge in [0.15, 0.2) is 0 Å². The summed E-state index contributed by atoms with van der Waals surface area (Å²) in [4.78, 5) is 31.5. The van der Waals surface area contributed by atoms with Crippen LogP contribution in [0.4, 0.5) is 15.1 Å². The molecule has 0 radical (unpaired) electrons. The molecule has 0 aliphatic heterocycles. The Kier molecular flexibility index (Phi) is 4.86. The maximum Gasteiger partial charge on any atom is 0.413 e. The molecule has 3 aromatic carbocycles. The zero-order valence-electron chi connectivity index (χ0n) is 17.5. The van der Waals surface area contributed by atoms with Crippen LogP contribution in [0.2, 0.25) is 0 Å². The Morgan fingerprint density at radius 1 is 1.06 bits per heavy atom. The summed E-state index contributed by atoms with van der Waals surface area (Å²) in [6.07, 6.45) is -0.797. The van der Waals surface area contributed by atoms with Crippen molar-refractivity contribution in [3.8, 4) is 11.1 Å². The van der Waals surface area contributed by atoms with Gasteiger partial charge in [-0.1, -0.05) is 30.3 Å². The quantitative estimate of drug-likeness (QED) is 0.383. The lowest BCUT2D eigenvalue weighted by atomic mass is 9.99. The smallest absolute Gasteiger partial charge is 0.413 e. The maximum absolute atomic E-state index is 14.5. The van der Waals surface area contributed by atoms with Crippen LogP contribution in [-0.2, 0) is 6.42 Å². The maximum atomic E-state index is 14.5. The van der Waals surface area contributed by atoms with Crippen LogP contribution in [0, 0.1) is 5.82 Å². The Morgan fingerprint density at radius 3 is 2.64 bits per heavy atom. The fraction of sp³-hybridized carbons (Fsp3) is 0.0833. The number of anilines is 1. The van der Waals surface area contributed by atoms with Crippen molar-refractivity contribution in [1.29, 1.82) is 0 Å². The van der Waals surface area contributed by atoms with E-state index < -0.39 is 11.9 Å². The van der Waals surface area contributed by atoms with Gasteiger partial charge in [-0.25, -0.2) is 19.3 Å². The summed E-state index contributed by atoms with van der Waals surface area (Å²) >= 11 is 0. The van der Waals surface area contributed by atoms with Gasteiger partial charge in [0.25, 0.3) is 5.56 Å². The number of aromatic amines is 2. The van der Waals surface area contributed by atoms with Crippen molar-refractivity contribution >= 4 is 33.8 Å². The number of imidazole rings is 1. The lowest BCUT2D eigenvalue weighted by Gasteiger charge is -2.08. The first kappa shape index (κ1) is 20.4. The van der Waals surface area contributed by atoms with Gasteiger partial charge in [-0.15, -0.1) is 0 Å². The molecule has 5 aromatic rings. The van der Waals surface area contributed by atoms with Crippen LogP contribution in [0.5, 0.6) is 0 Å². The normalized spacial score (nSPS) is 11.2. The minimum atomic E-state index is -1.13. The van der Waals surface area contributed by atoms with Crippen LogP contribution < -0.4 is 10.5 Å². The topological polar surface area (TPSA) is 115 Å². The van der Waals surface area contributed by atoms with Crippen molar-refractivity contribution in [2.45, 2.75) is 6.42 Å². The molecule has 2 heterocycles. The molecule has 1 amide bonds. The second-order valence-electron chi connectivity index (χ2n) is 7.70. The van der Waals surface area contributed by atoms with Crippen molar-refractivity contribution in [3.63, 3.8) is 0 Å². The third-order valence-electron chi connectivity index (χ3n) is 5.51. The SMILES string of the molecule is CN(C(=O)O)c1nc2ccc(-c3cc(F)cc(Cc4n[nH]c(=O)c5ccccc45)c3)cc2[nH]1. The average molecular weight is 443 g/mol. The molecule has 8 nitrogen and oxygen atoms in total. The van der Waals surface area contributed by atoms with E-state index in [2.05, 4.69) is 20.2 Å². The summed E-state index contributed by atoms with van der Waals surface area (Å²) in [7, 11) is 1.40. The van der Waals surface area contributed by atoms with Crippen molar-refractivity contribution in [2.24, 2.45) is 0 Å². The van der Waals surface area contributed by atoms with Gasteiger partial charge in [0, 0.05) is 18.9 Å². The molecule has 2 aromatic heterocycles. The van der Waals surface area contributed by atoms with Gasteiger partial charge in [-0.2, -0.15) is 5.10 Å².